The van der Waals surface area contributed by atoms with Gasteiger partial charge in [-0.15, -0.1) is 0 Å². The number of benzene rings is 1. The van der Waals surface area contributed by atoms with Crippen LogP contribution in [-0.2, 0) is 14.8 Å². The summed E-state index contributed by atoms with van der Waals surface area (Å²) in [6, 6.07) is 7.84. The van der Waals surface area contributed by atoms with Crippen LogP contribution in [0.25, 0.3) is 0 Å². The molecule has 0 bridgehead atoms. The van der Waals surface area contributed by atoms with Crippen molar-refractivity contribution >= 4 is 27.8 Å². The van der Waals surface area contributed by atoms with E-state index in [1.165, 1.54) is 36.4 Å². The van der Waals surface area contributed by atoms with Crippen molar-refractivity contribution in [3.05, 3.63) is 59.4 Å². The third-order valence-electron chi connectivity index (χ3n) is 4.55. The number of ether oxygens (including phenoxy) is 1. The van der Waals surface area contributed by atoms with Crippen molar-refractivity contribution in [1.29, 1.82) is 0 Å². The molecule has 10 heteroatoms. The lowest BCUT2D eigenvalue weighted by atomic mass is 10.2. The maximum atomic E-state index is 12.5. The molecule has 1 aromatic heterocycles. The van der Waals surface area contributed by atoms with Gasteiger partial charge in [0.1, 0.15) is 5.69 Å². The lowest BCUT2D eigenvalue weighted by molar-refractivity contribution is 0.0370. The van der Waals surface area contributed by atoms with Gasteiger partial charge in [-0.25, -0.2) is 22.9 Å². The molecule has 2 aromatic rings. The molecule has 0 aliphatic heterocycles. The SMILES string of the molecule is CCCCCCNC(=O)c1ccc(S(=O)(=O)NC(=O)c2ccc(C(=O)OC(C)C)nc2)cc1. The summed E-state index contributed by atoms with van der Waals surface area (Å²) in [5.41, 5.74) is 0.282. The maximum Gasteiger partial charge on any atom is 0.357 e. The second kappa shape index (κ2) is 12.1. The average molecular weight is 476 g/mol. The highest BCUT2D eigenvalue weighted by Crippen LogP contribution is 2.12. The summed E-state index contributed by atoms with van der Waals surface area (Å²) in [4.78, 5) is 40.0. The van der Waals surface area contributed by atoms with Crippen molar-refractivity contribution in [3.63, 3.8) is 0 Å². The topological polar surface area (TPSA) is 132 Å². The molecule has 0 saturated carbocycles. The van der Waals surface area contributed by atoms with Crippen molar-refractivity contribution in [2.24, 2.45) is 0 Å². The number of carbonyl (C=O) groups excluding carboxylic acids is 3. The number of unbranched alkanes of at least 4 members (excludes halogenated alkanes) is 3. The Kier molecular flexibility index (Phi) is 9.53. The van der Waals surface area contributed by atoms with E-state index in [1.54, 1.807) is 13.8 Å². The predicted molar refractivity (Wildman–Crippen MR) is 122 cm³/mol. The molecule has 0 radical (unpaired) electrons. The van der Waals surface area contributed by atoms with E-state index >= 15 is 0 Å². The molecule has 0 fully saturated rings. The first-order chi connectivity index (χ1) is 15.6. The third kappa shape index (κ3) is 7.98. The Hall–Kier alpha value is -3.27. The van der Waals surface area contributed by atoms with Crippen LogP contribution in [0.3, 0.4) is 0 Å². The first-order valence-electron chi connectivity index (χ1n) is 10.8. The van der Waals surface area contributed by atoms with Gasteiger partial charge in [-0.2, -0.15) is 0 Å². The molecule has 9 nitrogen and oxygen atoms in total. The van der Waals surface area contributed by atoms with E-state index in [0.29, 0.717) is 12.1 Å². The molecule has 0 aliphatic carbocycles. The van der Waals surface area contributed by atoms with Crippen LogP contribution in [0.4, 0.5) is 0 Å². The van der Waals surface area contributed by atoms with Crippen LogP contribution in [-0.4, -0.2) is 43.8 Å². The number of pyridine rings is 1. The molecule has 2 amide bonds. The van der Waals surface area contributed by atoms with Gasteiger partial charge in [-0.05, 0) is 56.7 Å². The van der Waals surface area contributed by atoms with E-state index in [0.717, 1.165) is 31.9 Å². The molecule has 0 aliphatic rings. The zero-order valence-electron chi connectivity index (χ0n) is 19.0. The smallest absolute Gasteiger partial charge is 0.357 e. The fourth-order valence-electron chi connectivity index (χ4n) is 2.80. The molecule has 0 atom stereocenters. The monoisotopic (exact) mass is 475 g/mol. The van der Waals surface area contributed by atoms with E-state index in [9.17, 15) is 22.8 Å². The van der Waals surface area contributed by atoms with Crippen LogP contribution in [0, 0.1) is 0 Å². The summed E-state index contributed by atoms with van der Waals surface area (Å²) >= 11 is 0. The molecule has 0 spiro atoms. The Morgan fingerprint density at radius 3 is 2.18 bits per heavy atom. The highest BCUT2D eigenvalue weighted by atomic mass is 32.2. The fourth-order valence-corrected chi connectivity index (χ4v) is 3.78. The molecule has 0 unspecified atom stereocenters. The van der Waals surface area contributed by atoms with Crippen molar-refractivity contribution in [1.82, 2.24) is 15.0 Å². The first-order valence-corrected chi connectivity index (χ1v) is 12.2. The zero-order valence-corrected chi connectivity index (χ0v) is 19.8. The average Bonchev–Trinajstić information content (AvgIpc) is 2.78. The Balaban J connectivity index is 1.98. The van der Waals surface area contributed by atoms with Crippen LogP contribution in [0.5, 0.6) is 0 Å². The molecular formula is C23H29N3O6S. The molecule has 1 heterocycles. The Morgan fingerprint density at radius 2 is 1.61 bits per heavy atom. The van der Waals surface area contributed by atoms with Crippen LogP contribution in [0.2, 0.25) is 0 Å². The number of carbonyl (C=O) groups is 3. The summed E-state index contributed by atoms with van der Waals surface area (Å²) < 4.78 is 32.0. The third-order valence-corrected chi connectivity index (χ3v) is 5.89. The maximum absolute atomic E-state index is 12.5. The van der Waals surface area contributed by atoms with Crippen LogP contribution < -0.4 is 10.0 Å². The summed E-state index contributed by atoms with van der Waals surface area (Å²) in [5.74, 6) is -1.84. The van der Waals surface area contributed by atoms with Gasteiger partial charge < -0.3 is 10.1 Å². The van der Waals surface area contributed by atoms with Crippen LogP contribution in [0.1, 0.15) is 77.7 Å². The van der Waals surface area contributed by atoms with Crippen LogP contribution in [0.15, 0.2) is 47.5 Å². The standard InChI is InChI=1S/C23H29N3O6S/c1-4-5-6-7-14-24-21(27)17-8-11-19(12-9-17)33(30,31)26-22(28)18-10-13-20(25-15-18)23(29)32-16(2)3/h8-13,15-16H,4-7,14H2,1-3H3,(H,24,27)(H,26,28). The largest absolute Gasteiger partial charge is 0.458 e. The second-order valence-corrected chi connectivity index (χ2v) is 9.34. The Bertz CT molecular complexity index is 1060. The van der Waals surface area contributed by atoms with Gasteiger partial charge in [0, 0.05) is 18.3 Å². The van der Waals surface area contributed by atoms with Crippen molar-refractivity contribution in [3.8, 4) is 0 Å². The minimum atomic E-state index is -4.17. The summed E-state index contributed by atoms with van der Waals surface area (Å²) in [6.07, 6.45) is 4.90. The predicted octanol–water partition coefficient (Wildman–Crippen LogP) is 3.08. The highest BCUT2D eigenvalue weighted by Gasteiger charge is 2.20. The van der Waals surface area contributed by atoms with Gasteiger partial charge in [-0.1, -0.05) is 26.2 Å². The quantitative estimate of drug-likeness (QED) is 0.377. The minimum Gasteiger partial charge on any atom is -0.458 e. The van der Waals surface area contributed by atoms with Gasteiger partial charge in [0.15, 0.2) is 0 Å². The summed E-state index contributed by atoms with van der Waals surface area (Å²) in [7, 11) is -4.17. The zero-order chi connectivity index (χ0) is 24.4. The lowest BCUT2D eigenvalue weighted by Crippen LogP contribution is -2.31. The number of nitrogens with zero attached hydrogens (tertiary/aromatic N) is 1. The number of esters is 1. The number of amides is 2. The summed E-state index contributed by atoms with van der Waals surface area (Å²) in [6.45, 7) is 6.04. The molecule has 33 heavy (non-hydrogen) atoms. The number of hydrogen-bond donors (Lipinski definition) is 2. The van der Waals surface area contributed by atoms with Gasteiger partial charge >= 0.3 is 5.97 Å². The number of rotatable bonds is 11. The lowest BCUT2D eigenvalue weighted by Gasteiger charge is -2.09. The number of aromatic nitrogens is 1. The van der Waals surface area contributed by atoms with E-state index < -0.39 is 21.9 Å². The fraction of sp³-hybridized carbons (Fsp3) is 0.391. The first kappa shape index (κ1) is 26.0. The van der Waals surface area contributed by atoms with Gasteiger partial charge in [0.2, 0.25) is 0 Å². The molecule has 2 N–H and O–H groups in total. The molecule has 178 valence electrons. The molecular weight excluding hydrogens is 446 g/mol. The Morgan fingerprint density at radius 1 is 0.939 bits per heavy atom. The highest BCUT2D eigenvalue weighted by molar-refractivity contribution is 7.90. The van der Waals surface area contributed by atoms with Crippen molar-refractivity contribution in [2.75, 3.05) is 6.54 Å². The van der Waals surface area contributed by atoms with E-state index in [1.807, 2.05) is 4.72 Å². The van der Waals surface area contributed by atoms with Crippen molar-refractivity contribution in [2.45, 2.75) is 57.5 Å². The van der Waals surface area contributed by atoms with Gasteiger partial charge in [0.25, 0.3) is 21.8 Å². The van der Waals surface area contributed by atoms with E-state index in [-0.39, 0.29) is 28.2 Å². The molecule has 1 aromatic carbocycles. The summed E-state index contributed by atoms with van der Waals surface area (Å²) in [5, 5.41) is 2.79. The second-order valence-electron chi connectivity index (χ2n) is 7.66. The van der Waals surface area contributed by atoms with Gasteiger partial charge in [-0.3, -0.25) is 9.59 Å². The number of sulfonamides is 1. The number of nitrogens with one attached hydrogen (secondary N) is 2. The Labute approximate surface area is 194 Å². The molecule has 2 rings (SSSR count). The van der Waals surface area contributed by atoms with E-state index in [2.05, 4.69) is 17.2 Å². The van der Waals surface area contributed by atoms with Crippen molar-refractivity contribution < 1.29 is 27.5 Å². The van der Waals surface area contributed by atoms with Gasteiger partial charge in [0.05, 0.1) is 16.6 Å². The number of hydrogen-bond acceptors (Lipinski definition) is 7. The minimum absolute atomic E-state index is 0.00216. The van der Waals surface area contributed by atoms with E-state index in [4.69, 9.17) is 4.74 Å². The van der Waals surface area contributed by atoms with Crippen LogP contribution >= 0.6 is 0 Å². The normalized spacial score (nSPS) is 11.2. The molecule has 0 saturated heterocycles.